The predicted molar refractivity (Wildman–Crippen MR) is 118 cm³/mol. The van der Waals surface area contributed by atoms with E-state index in [2.05, 4.69) is 15.8 Å². The molecule has 32 heavy (non-hydrogen) atoms. The van der Waals surface area contributed by atoms with E-state index < -0.39 is 17.8 Å². The van der Waals surface area contributed by atoms with Gasteiger partial charge in [-0.25, -0.2) is 10.2 Å². The maximum Gasteiger partial charge on any atom is 0.343 e. The zero-order chi connectivity index (χ0) is 22.8. The van der Waals surface area contributed by atoms with Gasteiger partial charge >= 0.3 is 17.8 Å². The number of rotatable bonds is 7. The number of ether oxygens (including phenoxy) is 2. The summed E-state index contributed by atoms with van der Waals surface area (Å²) in [4.78, 5) is 36.3. The predicted octanol–water partition coefficient (Wildman–Crippen LogP) is 2.68. The van der Waals surface area contributed by atoms with E-state index in [-0.39, 0.29) is 12.3 Å². The molecule has 0 aliphatic carbocycles. The lowest BCUT2D eigenvalue weighted by molar-refractivity contribution is -0.139. The van der Waals surface area contributed by atoms with Gasteiger partial charge in [0.1, 0.15) is 11.5 Å². The fourth-order valence-electron chi connectivity index (χ4n) is 2.66. The normalized spacial score (nSPS) is 10.4. The number of para-hydroxylation sites is 1. The molecule has 0 aliphatic rings. The van der Waals surface area contributed by atoms with Gasteiger partial charge in [-0.2, -0.15) is 5.10 Å². The molecule has 2 N–H and O–H groups in total. The largest absolute Gasteiger partial charge is 0.497 e. The maximum atomic E-state index is 12.4. The van der Waals surface area contributed by atoms with Crippen molar-refractivity contribution >= 4 is 24.0 Å². The molecule has 0 unspecified atom stereocenters. The summed E-state index contributed by atoms with van der Waals surface area (Å²) in [7, 11) is 1.51. The third kappa shape index (κ3) is 6.27. The lowest BCUT2D eigenvalue weighted by atomic mass is 10.2. The summed E-state index contributed by atoms with van der Waals surface area (Å²) in [5.41, 5.74) is 3.78. The van der Waals surface area contributed by atoms with Crippen molar-refractivity contribution in [1.82, 2.24) is 10.7 Å². The second-order valence-corrected chi connectivity index (χ2v) is 6.53. The molecule has 0 heterocycles. The van der Waals surface area contributed by atoms with Crippen LogP contribution in [0.3, 0.4) is 0 Å². The molecular formula is C24H21N3O5. The van der Waals surface area contributed by atoms with Crippen LogP contribution in [0.1, 0.15) is 21.5 Å². The van der Waals surface area contributed by atoms with Crippen LogP contribution in [0.2, 0.25) is 0 Å². The summed E-state index contributed by atoms with van der Waals surface area (Å²) < 4.78 is 10.6. The Hall–Kier alpha value is -4.46. The Morgan fingerprint density at radius 1 is 0.906 bits per heavy atom. The number of nitrogens with one attached hydrogen (secondary N) is 2. The van der Waals surface area contributed by atoms with Gasteiger partial charge in [0.25, 0.3) is 0 Å². The average molecular weight is 431 g/mol. The van der Waals surface area contributed by atoms with Crippen LogP contribution in [-0.2, 0) is 16.1 Å². The number of hydrazone groups is 1. The number of hydrogen-bond donors (Lipinski definition) is 2. The molecule has 0 radical (unpaired) electrons. The lowest BCUT2D eigenvalue weighted by Crippen LogP contribution is -2.37. The van der Waals surface area contributed by atoms with Crippen LogP contribution in [0.4, 0.5) is 0 Å². The molecule has 0 saturated heterocycles. The first kappa shape index (κ1) is 22.2. The number of esters is 1. The molecule has 2 amide bonds. The fourth-order valence-corrected chi connectivity index (χ4v) is 2.66. The van der Waals surface area contributed by atoms with Gasteiger partial charge in [-0.15, -0.1) is 0 Å². The van der Waals surface area contributed by atoms with Crippen molar-refractivity contribution in [3.63, 3.8) is 0 Å². The summed E-state index contributed by atoms with van der Waals surface area (Å²) in [5, 5.41) is 6.30. The summed E-state index contributed by atoms with van der Waals surface area (Å²) in [6.07, 6.45) is 1.29. The van der Waals surface area contributed by atoms with Crippen LogP contribution in [0.5, 0.6) is 11.5 Å². The summed E-state index contributed by atoms with van der Waals surface area (Å²) in [6.45, 7) is 0.222. The minimum absolute atomic E-state index is 0.222. The van der Waals surface area contributed by atoms with Crippen molar-refractivity contribution in [1.29, 1.82) is 0 Å². The third-order valence-corrected chi connectivity index (χ3v) is 4.30. The lowest BCUT2D eigenvalue weighted by Gasteiger charge is -2.08. The standard InChI is InChI=1S/C24H21N3O5/c1-31-20-12-7-11-18(14-20)24(30)32-21-13-6-5-10-19(21)16-26-27-23(29)22(28)25-15-17-8-3-2-4-9-17/h2-14,16H,15H2,1H3,(H,25,28)(H,27,29)/b26-16+. The molecule has 0 bridgehead atoms. The van der Waals surface area contributed by atoms with E-state index >= 15 is 0 Å². The molecule has 0 atom stereocenters. The summed E-state index contributed by atoms with van der Waals surface area (Å²) in [6, 6.07) is 22.4. The Morgan fingerprint density at radius 3 is 2.44 bits per heavy atom. The summed E-state index contributed by atoms with van der Waals surface area (Å²) in [5.74, 6) is -1.53. The molecule has 0 aliphatic heterocycles. The highest BCUT2D eigenvalue weighted by atomic mass is 16.5. The second kappa shape index (κ2) is 11.1. The minimum Gasteiger partial charge on any atom is -0.497 e. The van der Waals surface area contributed by atoms with Crippen molar-refractivity contribution in [2.24, 2.45) is 5.10 Å². The van der Waals surface area contributed by atoms with E-state index in [1.807, 2.05) is 30.3 Å². The molecule has 0 fully saturated rings. The molecule has 3 aromatic carbocycles. The van der Waals surface area contributed by atoms with E-state index in [9.17, 15) is 14.4 Å². The Labute approximate surface area is 184 Å². The van der Waals surface area contributed by atoms with Crippen LogP contribution in [-0.4, -0.2) is 31.1 Å². The molecule has 8 heteroatoms. The molecule has 8 nitrogen and oxygen atoms in total. The van der Waals surface area contributed by atoms with E-state index in [1.165, 1.54) is 13.3 Å². The number of carbonyl (C=O) groups is 3. The first-order valence-electron chi connectivity index (χ1n) is 9.67. The van der Waals surface area contributed by atoms with Gasteiger partial charge in [-0.3, -0.25) is 9.59 Å². The molecular weight excluding hydrogens is 410 g/mol. The van der Waals surface area contributed by atoms with Crippen LogP contribution in [0, 0.1) is 0 Å². The number of methoxy groups -OCH3 is 1. The Bertz CT molecular complexity index is 1130. The fraction of sp³-hybridized carbons (Fsp3) is 0.0833. The smallest absolute Gasteiger partial charge is 0.343 e. The van der Waals surface area contributed by atoms with Gasteiger partial charge in [0.05, 0.1) is 18.9 Å². The summed E-state index contributed by atoms with van der Waals surface area (Å²) >= 11 is 0. The zero-order valence-electron chi connectivity index (χ0n) is 17.3. The van der Waals surface area contributed by atoms with E-state index in [0.717, 1.165) is 5.56 Å². The van der Waals surface area contributed by atoms with Gasteiger partial charge in [0.15, 0.2) is 0 Å². The van der Waals surface area contributed by atoms with E-state index in [1.54, 1.807) is 48.5 Å². The molecule has 162 valence electrons. The van der Waals surface area contributed by atoms with E-state index in [0.29, 0.717) is 16.9 Å². The topological polar surface area (TPSA) is 106 Å². The quantitative estimate of drug-likeness (QED) is 0.197. The Kier molecular flexibility index (Phi) is 7.69. The van der Waals surface area contributed by atoms with Crippen LogP contribution in [0.15, 0.2) is 84.0 Å². The number of hydrogen-bond acceptors (Lipinski definition) is 6. The Balaban J connectivity index is 1.58. The Morgan fingerprint density at radius 2 is 1.66 bits per heavy atom. The SMILES string of the molecule is COc1cccc(C(=O)Oc2ccccc2/C=N/NC(=O)C(=O)NCc2ccccc2)c1. The zero-order valence-corrected chi connectivity index (χ0v) is 17.3. The highest BCUT2D eigenvalue weighted by Crippen LogP contribution is 2.19. The van der Waals surface area contributed by atoms with Crippen molar-refractivity contribution in [2.45, 2.75) is 6.54 Å². The number of nitrogens with zero attached hydrogens (tertiary/aromatic N) is 1. The van der Waals surface area contributed by atoms with Crippen LogP contribution >= 0.6 is 0 Å². The molecule has 0 saturated carbocycles. The molecule has 0 spiro atoms. The van der Waals surface area contributed by atoms with Crippen LogP contribution < -0.4 is 20.2 Å². The highest BCUT2D eigenvalue weighted by Gasteiger charge is 2.13. The van der Waals surface area contributed by atoms with Crippen molar-refractivity contribution in [3.05, 3.63) is 95.6 Å². The molecule has 0 aromatic heterocycles. The number of carbonyl (C=O) groups excluding carboxylic acids is 3. The minimum atomic E-state index is -0.914. The van der Waals surface area contributed by atoms with Gasteiger partial charge in [0, 0.05) is 12.1 Å². The second-order valence-electron chi connectivity index (χ2n) is 6.53. The van der Waals surface area contributed by atoms with Crippen molar-refractivity contribution in [2.75, 3.05) is 7.11 Å². The number of benzene rings is 3. The molecule has 3 rings (SSSR count). The van der Waals surface area contributed by atoms with Gasteiger partial charge in [0.2, 0.25) is 0 Å². The van der Waals surface area contributed by atoms with Crippen molar-refractivity contribution < 1.29 is 23.9 Å². The molecule has 3 aromatic rings. The highest BCUT2D eigenvalue weighted by molar-refractivity contribution is 6.35. The first-order valence-corrected chi connectivity index (χ1v) is 9.67. The van der Waals surface area contributed by atoms with Gasteiger partial charge < -0.3 is 14.8 Å². The monoisotopic (exact) mass is 431 g/mol. The van der Waals surface area contributed by atoms with Crippen LogP contribution in [0.25, 0.3) is 0 Å². The average Bonchev–Trinajstić information content (AvgIpc) is 2.84. The van der Waals surface area contributed by atoms with E-state index in [4.69, 9.17) is 9.47 Å². The maximum absolute atomic E-state index is 12.4. The number of amides is 2. The third-order valence-electron chi connectivity index (χ3n) is 4.30. The van der Waals surface area contributed by atoms with Crippen molar-refractivity contribution in [3.8, 4) is 11.5 Å². The first-order chi connectivity index (χ1) is 15.6. The van der Waals surface area contributed by atoms with Gasteiger partial charge in [-0.1, -0.05) is 48.5 Å². The van der Waals surface area contributed by atoms with Gasteiger partial charge in [-0.05, 0) is 35.9 Å².